The Morgan fingerprint density at radius 2 is 1.96 bits per heavy atom. The summed E-state index contributed by atoms with van der Waals surface area (Å²) in [5.74, 6) is -2.01. The quantitative estimate of drug-likeness (QED) is 0.780. The second kappa shape index (κ2) is 6.69. The van der Waals surface area contributed by atoms with Gasteiger partial charge in [-0.05, 0) is 24.3 Å². The van der Waals surface area contributed by atoms with Crippen LogP contribution in [0.25, 0.3) is 6.08 Å². The van der Waals surface area contributed by atoms with Crippen molar-refractivity contribution in [3.63, 3.8) is 0 Å². The Morgan fingerprint density at radius 3 is 2.54 bits per heavy atom. The maximum absolute atomic E-state index is 13.1. The molecule has 2 aromatic rings. The highest BCUT2D eigenvalue weighted by Gasteiger charge is 2.48. The lowest BCUT2D eigenvalue weighted by atomic mass is 10.0. The van der Waals surface area contributed by atoms with E-state index in [1.54, 1.807) is 0 Å². The first-order valence-corrected chi connectivity index (χ1v) is 7.72. The lowest BCUT2D eigenvalue weighted by Gasteiger charge is -2.28. The van der Waals surface area contributed by atoms with Crippen molar-refractivity contribution in [2.24, 2.45) is 0 Å². The largest absolute Gasteiger partial charge is 0.478 e. The molecule has 0 saturated heterocycles. The molecule has 1 aliphatic heterocycles. The fourth-order valence-corrected chi connectivity index (χ4v) is 2.58. The third kappa shape index (κ3) is 3.56. The molecule has 0 spiro atoms. The highest BCUT2D eigenvalue weighted by atomic mass is 35.5. The standard InChI is InChI=1S/C16H8Cl2F3NO4/c17-7-1-4-12(22-6-7)26-13-8-5-9(15(23)24)14(16(19,20)21)25-11(8)3-2-10(13)18/h1-6,14H,(H,23,24). The van der Waals surface area contributed by atoms with Crippen molar-refractivity contribution in [1.82, 2.24) is 4.98 Å². The first kappa shape index (κ1) is 18.3. The number of aromatic nitrogens is 1. The van der Waals surface area contributed by atoms with Gasteiger partial charge in [0.05, 0.1) is 21.2 Å². The van der Waals surface area contributed by atoms with E-state index in [1.807, 2.05) is 0 Å². The first-order chi connectivity index (χ1) is 12.2. The highest BCUT2D eigenvalue weighted by Crippen LogP contribution is 2.44. The molecule has 1 aromatic heterocycles. The predicted molar refractivity (Wildman–Crippen MR) is 86.9 cm³/mol. The summed E-state index contributed by atoms with van der Waals surface area (Å²) in [7, 11) is 0. The third-order valence-electron chi connectivity index (χ3n) is 3.39. The zero-order chi connectivity index (χ0) is 19.1. The maximum Gasteiger partial charge on any atom is 0.430 e. The van der Waals surface area contributed by atoms with Gasteiger partial charge in [0.1, 0.15) is 5.75 Å². The van der Waals surface area contributed by atoms with E-state index in [0.717, 1.165) is 6.08 Å². The Morgan fingerprint density at radius 1 is 1.23 bits per heavy atom. The van der Waals surface area contributed by atoms with E-state index >= 15 is 0 Å². The average molecular weight is 406 g/mol. The molecule has 0 saturated carbocycles. The molecule has 3 rings (SSSR count). The number of carbonyl (C=O) groups is 1. The molecule has 0 radical (unpaired) electrons. The number of hydrogen-bond acceptors (Lipinski definition) is 4. The van der Waals surface area contributed by atoms with Gasteiger partial charge < -0.3 is 14.6 Å². The summed E-state index contributed by atoms with van der Waals surface area (Å²) in [5, 5.41) is 9.52. The van der Waals surface area contributed by atoms with E-state index < -0.39 is 23.8 Å². The van der Waals surface area contributed by atoms with Crippen LogP contribution >= 0.6 is 23.2 Å². The Kier molecular flexibility index (Phi) is 4.72. The van der Waals surface area contributed by atoms with Gasteiger partial charge in [-0.2, -0.15) is 13.2 Å². The Labute approximate surface area is 154 Å². The third-order valence-corrected chi connectivity index (χ3v) is 3.91. The van der Waals surface area contributed by atoms with Crippen LogP contribution in [-0.2, 0) is 4.79 Å². The van der Waals surface area contributed by atoms with Crippen LogP contribution in [0.15, 0.2) is 36.0 Å². The minimum absolute atomic E-state index is 0.0350. The lowest BCUT2D eigenvalue weighted by molar-refractivity contribution is -0.187. The van der Waals surface area contributed by atoms with Crippen LogP contribution in [0.1, 0.15) is 5.56 Å². The topological polar surface area (TPSA) is 68.7 Å². The number of fused-ring (bicyclic) bond motifs is 1. The molecule has 1 unspecified atom stereocenters. The predicted octanol–water partition coefficient (Wildman–Crippen LogP) is 4.97. The fourth-order valence-electron chi connectivity index (χ4n) is 2.26. The van der Waals surface area contributed by atoms with Crippen molar-refractivity contribution in [1.29, 1.82) is 0 Å². The van der Waals surface area contributed by atoms with Crippen LogP contribution in [-0.4, -0.2) is 28.3 Å². The average Bonchev–Trinajstić information content (AvgIpc) is 2.57. The molecule has 5 nitrogen and oxygen atoms in total. The molecular formula is C16H8Cl2F3NO4. The van der Waals surface area contributed by atoms with Gasteiger partial charge in [-0.15, -0.1) is 0 Å². The molecule has 1 aliphatic rings. The number of nitrogens with zero attached hydrogens (tertiary/aromatic N) is 1. The molecule has 0 fully saturated rings. The number of carboxylic acids is 1. The fraction of sp³-hybridized carbons (Fsp3) is 0.125. The number of aliphatic carboxylic acids is 1. The molecule has 2 heterocycles. The summed E-state index contributed by atoms with van der Waals surface area (Å²) in [6.07, 6.45) is -5.37. The molecule has 1 atom stereocenters. The number of pyridine rings is 1. The van der Waals surface area contributed by atoms with Crippen molar-refractivity contribution in [2.45, 2.75) is 12.3 Å². The molecule has 0 aliphatic carbocycles. The molecule has 10 heteroatoms. The first-order valence-electron chi connectivity index (χ1n) is 6.97. The number of alkyl halides is 3. The van der Waals surface area contributed by atoms with E-state index in [0.29, 0.717) is 5.02 Å². The van der Waals surface area contributed by atoms with Crippen molar-refractivity contribution >= 4 is 35.2 Å². The van der Waals surface area contributed by atoms with Crippen LogP contribution in [0, 0.1) is 0 Å². The SMILES string of the molecule is O=C(O)C1=Cc2c(ccc(Cl)c2Oc2ccc(Cl)cn2)OC1C(F)(F)F. The molecule has 0 bridgehead atoms. The number of halogens is 5. The molecule has 1 N–H and O–H groups in total. The number of rotatable bonds is 3. The lowest BCUT2D eigenvalue weighted by Crippen LogP contribution is -2.40. The van der Waals surface area contributed by atoms with Crippen LogP contribution in [0.3, 0.4) is 0 Å². The van der Waals surface area contributed by atoms with E-state index in [-0.39, 0.29) is 28.0 Å². The van der Waals surface area contributed by atoms with Crippen molar-refractivity contribution in [3.05, 3.63) is 51.6 Å². The smallest absolute Gasteiger partial charge is 0.430 e. The molecule has 0 amide bonds. The molecule has 26 heavy (non-hydrogen) atoms. The monoisotopic (exact) mass is 405 g/mol. The van der Waals surface area contributed by atoms with Gasteiger partial charge in [-0.1, -0.05) is 23.2 Å². The summed E-state index contributed by atoms with van der Waals surface area (Å²) in [5.41, 5.74) is -1.02. The minimum Gasteiger partial charge on any atom is -0.478 e. The Hall–Kier alpha value is -2.45. The van der Waals surface area contributed by atoms with Crippen molar-refractivity contribution < 1.29 is 32.5 Å². The minimum atomic E-state index is -4.90. The van der Waals surface area contributed by atoms with E-state index in [9.17, 15) is 18.0 Å². The Balaban J connectivity index is 2.10. The van der Waals surface area contributed by atoms with Gasteiger partial charge in [0.15, 0.2) is 5.75 Å². The Bertz CT molecular complexity index is 898. The number of ether oxygens (including phenoxy) is 2. The second-order valence-corrected chi connectivity index (χ2v) is 5.99. The van der Waals surface area contributed by atoms with Crippen molar-refractivity contribution in [3.8, 4) is 17.4 Å². The van der Waals surface area contributed by atoms with Gasteiger partial charge in [0, 0.05) is 12.3 Å². The molecule has 1 aromatic carbocycles. The summed E-state index contributed by atoms with van der Waals surface area (Å²) in [6, 6.07) is 5.39. The van der Waals surface area contributed by atoms with E-state index in [4.69, 9.17) is 37.8 Å². The zero-order valence-electron chi connectivity index (χ0n) is 12.6. The number of hydrogen-bond donors (Lipinski definition) is 1. The van der Waals surface area contributed by atoms with Gasteiger partial charge in [0.2, 0.25) is 12.0 Å². The second-order valence-electron chi connectivity index (χ2n) is 5.15. The molecular weight excluding hydrogens is 398 g/mol. The van der Waals surface area contributed by atoms with Crippen molar-refractivity contribution in [2.75, 3.05) is 0 Å². The highest BCUT2D eigenvalue weighted by molar-refractivity contribution is 6.32. The molecule has 136 valence electrons. The number of carboxylic acid groups (broad SMARTS) is 1. The van der Waals surface area contributed by atoms with Crippen LogP contribution in [0.5, 0.6) is 17.4 Å². The van der Waals surface area contributed by atoms with Crippen LogP contribution in [0.2, 0.25) is 10.0 Å². The summed E-state index contributed by atoms with van der Waals surface area (Å²) in [6.45, 7) is 0. The van der Waals surface area contributed by atoms with Gasteiger partial charge >= 0.3 is 12.1 Å². The van der Waals surface area contributed by atoms with Gasteiger partial charge in [0.25, 0.3) is 0 Å². The summed E-state index contributed by atoms with van der Waals surface area (Å²) < 4.78 is 49.7. The summed E-state index contributed by atoms with van der Waals surface area (Å²) >= 11 is 11.8. The van der Waals surface area contributed by atoms with Crippen LogP contribution in [0.4, 0.5) is 13.2 Å². The van der Waals surface area contributed by atoms with Crippen LogP contribution < -0.4 is 9.47 Å². The van der Waals surface area contributed by atoms with E-state index in [1.165, 1.54) is 30.5 Å². The number of benzene rings is 1. The zero-order valence-corrected chi connectivity index (χ0v) is 14.1. The maximum atomic E-state index is 13.1. The van der Waals surface area contributed by atoms with E-state index in [2.05, 4.69) is 4.98 Å². The summed E-state index contributed by atoms with van der Waals surface area (Å²) in [4.78, 5) is 15.2. The normalized spacial score (nSPS) is 16.3. The van der Waals surface area contributed by atoms with Gasteiger partial charge in [-0.3, -0.25) is 0 Å². The van der Waals surface area contributed by atoms with Gasteiger partial charge in [-0.25, -0.2) is 9.78 Å².